The Morgan fingerprint density at radius 3 is 1.74 bits per heavy atom. The van der Waals surface area contributed by atoms with Crippen molar-refractivity contribution in [3.05, 3.63) is 117 Å². The van der Waals surface area contributed by atoms with Gasteiger partial charge in [-0.05, 0) is 47.7 Å². The van der Waals surface area contributed by atoms with Crippen molar-refractivity contribution in [1.29, 1.82) is 0 Å². The van der Waals surface area contributed by atoms with E-state index >= 15 is 0 Å². The van der Waals surface area contributed by atoms with E-state index in [0.717, 1.165) is 30.5 Å². The van der Waals surface area contributed by atoms with Gasteiger partial charge in [-0.2, -0.15) is 0 Å². The molecule has 0 aliphatic rings. The molecule has 0 unspecified atom stereocenters. The second-order valence-electron chi connectivity index (χ2n) is 13.1. The van der Waals surface area contributed by atoms with Crippen molar-refractivity contribution in [3.8, 4) is 0 Å². The SMILES string of the molecule is CCCCCCCCCCCCCCC/C(=C\c1ccccc1)N[C@@H](Cc1ccc([N+](=O)[O-])cc1)C(=O)N[C@@H](Cc1ccc(F)cc1)C(=O)O. The summed E-state index contributed by atoms with van der Waals surface area (Å²) >= 11 is 0. The van der Waals surface area contributed by atoms with E-state index in [-0.39, 0.29) is 18.5 Å². The number of aliphatic carboxylic acids is 1. The maximum atomic E-state index is 13.8. The summed E-state index contributed by atoms with van der Waals surface area (Å²) in [5.41, 5.74) is 3.03. The number of nitrogens with zero attached hydrogens (tertiary/aromatic N) is 1. The Kier molecular flexibility index (Phi) is 18.3. The van der Waals surface area contributed by atoms with Crippen LogP contribution in [0.2, 0.25) is 0 Å². The molecule has 0 saturated carbocycles. The number of hydrogen-bond donors (Lipinski definition) is 3. The van der Waals surface area contributed by atoms with Crippen molar-refractivity contribution < 1.29 is 24.0 Å². The zero-order valence-corrected chi connectivity index (χ0v) is 29.5. The number of halogens is 1. The third-order valence-corrected chi connectivity index (χ3v) is 8.92. The number of nitro groups is 1. The highest BCUT2D eigenvalue weighted by Crippen LogP contribution is 2.19. The number of non-ortho nitro benzene ring substituents is 1. The van der Waals surface area contributed by atoms with Crippen LogP contribution in [-0.4, -0.2) is 34.0 Å². The van der Waals surface area contributed by atoms with Crippen molar-refractivity contribution in [2.45, 2.75) is 122 Å². The smallest absolute Gasteiger partial charge is 0.326 e. The van der Waals surface area contributed by atoms with Gasteiger partial charge in [0, 0.05) is 30.7 Å². The monoisotopic (exact) mass is 687 g/mol. The van der Waals surface area contributed by atoms with E-state index in [0.29, 0.717) is 17.5 Å². The molecule has 0 saturated heterocycles. The van der Waals surface area contributed by atoms with E-state index in [2.05, 4.69) is 17.6 Å². The quantitative estimate of drug-likeness (QED) is 0.0463. The number of rotatable bonds is 25. The Labute approximate surface area is 296 Å². The van der Waals surface area contributed by atoms with Gasteiger partial charge in [-0.15, -0.1) is 0 Å². The maximum absolute atomic E-state index is 13.8. The molecule has 270 valence electrons. The number of nitro benzene ring substituents is 1. The summed E-state index contributed by atoms with van der Waals surface area (Å²) in [4.78, 5) is 36.8. The molecule has 9 heteroatoms. The van der Waals surface area contributed by atoms with Gasteiger partial charge in [-0.25, -0.2) is 9.18 Å². The minimum atomic E-state index is -1.24. The molecule has 1 amide bonds. The lowest BCUT2D eigenvalue weighted by molar-refractivity contribution is -0.384. The van der Waals surface area contributed by atoms with Gasteiger partial charge in [0.2, 0.25) is 5.91 Å². The van der Waals surface area contributed by atoms with Crippen LogP contribution in [0.1, 0.15) is 114 Å². The van der Waals surface area contributed by atoms with Crippen LogP contribution in [0.3, 0.4) is 0 Å². The maximum Gasteiger partial charge on any atom is 0.326 e. The van der Waals surface area contributed by atoms with Crippen molar-refractivity contribution in [2.24, 2.45) is 0 Å². The number of carbonyl (C=O) groups is 2. The first-order chi connectivity index (χ1) is 24.2. The lowest BCUT2D eigenvalue weighted by Gasteiger charge is -2.24. The molecule has 0 spiro atoms. The minimum Gasteiger partial charge on any atom is -0.480 e. The Morgan fingerprint density at radius 2 is 1.22 bits per heavy atom. The number of unbranched alkanes of at least 4 members (excludes halogenated alkanes) is 12. The molecular formula is C41H54FN3O5. The Balaban J connectivity index is 1.67. The number of hydrogen-bond acceptors (Lipinski definition) is 5. The van der Waals surface area contributed by atoms with Crippen LogP contribution in [-0.2, 0) is 22.4 Å². The molecule has 0 aliphatic heterocycles. The van der Waals surface area contributed by atoms with Gasteiger partial charge < -0.3 is 15.7 Å². The standard InChI is InChI=1S/C41H54FN3O5/c1-2-3-4-5-6-7-8-9-10-11-12-13-17-20-36(29-32-18-15-14-16-19-32)43-38(30-34-23-27-37(28-24-34)45(49)50)40(46)44-39(41(47)48)31-33-21-25-35(42)26-22-33/h14-16,18-19,21-29,38-39,43H,2-13,17,20,30-31H2,1H3,(H,44,46)(H,47,48)/b36-29+/t38-,39-/m0/s1. The highest BCUT2D eigenvalue weighted by Gasteiger charge is 2.27. The number of benzene rings is 3. The average molecular weight is 688 g/mol. The fourth-order valence-corrected chi connectivity index (χ4v) is 6.02. The summed E-state index contributed by atoms with van der Waals surface area (Å²) in [6, 6.07) is 19.2. The van der Waals surface area contributed by atoms with E-state index in [1.54, 1.807) is 12.1 Å². The molecule has 0 aliphatic carbocycles. The number of carbonyl (C=O) groups excluding carboxylic acids is 1. The van der Waals surface area contributed by atoms with Crippen LogP contribution < -0.4 is 10.6 Å². The first-order valence-electron chi connectivity index (χ1n) is 18.3. The van der Waals surface area contributed by atoms with Crippen LogP contribution in [0.15, 0.2) is 84.6 Å². The third-order valence-electron chi connectivity index (χ3n) is 8.92. The third kappa shape index (κ3) is 15.8. The number of amides is 1. The lowest BCUT2D eigenvalue weighted by Crippen LogP contribution is -2.51. The summed E-state index contributed by atoms with van der Waals surface area (Å²) in [5.74, 6) is -2.15. The van der Waals surface area contributed by atoms with E-state index in [4.69, 9.17) is 0 Å². The van der Waals surface area contributed by atoms with Gasteiger partial charge in [-0.3, -0.25) is 14.9 Å². The highest BCUT2D eigenvalue weighted by atomic mass is 19.1. The Bertz CT molecular complexity index is 1460. The highest BCUT2D eigenvalue weighted by molar-refractivity contribution is 5.87. The van der Waals surface area contributed by atoms with Crippen LogP contribution in [0.5, 0.6) is 0 Å². The molecule has 0 fully saturated rings. The van der Waals surface area contributed by atoms with Crippen molar-refractivity contribution in [1.82, 2.24) is 10.6 Å². The molecule has 3 rings (SSSR count). The molecule has 2 atom stereocenters. The Hall–Kier alpha value is -4.53. The molecule has 50 heavy (non-hydrogen) atoms. The zero-order valence-electron chi connectivity index (χ0n) is 29.5. The van der Waals surface area contributed by atoms with Gasteiger partial charge in [-0.1, -0.05) is 139 Å². The molecule has 3 N–H and O–H groups in total. The van der Waals surface area contributed by atoms with E-state index in [9.17, 15) is 29.2 Å². The zero-order chi connectivity index (χ0) is 36.0. The number of carboxylic acid groups (broad SMARTS) is 1. The van der Waals surface area contributed by atoms with Crippen LogP contribution in [0.25, 0.3) is 6.08 Å². The first-order valence-corrected chi connectivity index (χ1v) is 18.3. The average Bonchev–Trinajstić information content (AvgIpc) is 3.11. The first kappa shape index (κ1) is 39.9. The second kappa shape index (κ2) is 23.0. The molecule has 0 radical (unpaired) electrons. The molecule has 0 heterocycles. The largest absolute Gasteiger partial charge is 0.480 e. The summed E-state index contributed by atoms with van der Waals surface area (Å²) in [5, 5.41) is 27.3. The summed E-state index contributed by atoms with van der Waals surface area (Å²) in [7, 11) is 0. The molecule has 3 aromatic carbocycles. The van der Waals surface area contributed by atoms with E-state index in [1.165, 1.54) is 101 Å². The fraction of sp³-hybridized carbons (Fsp3) is 0.463. The van der Waals surface area contributed by atoms with Gasteiger partial charge in [0.1, 0.15) is 17.9 Å². The normalized spacial score (nSPS) is 12.6. The van der Waals surface area contributed by atoms with E-state index < -0.39 is 34.7 Å². The summed E-state index contributed by atoms with van der Waals surface area (Å²) < 4.78 is 13.5. The van der Waals surface area contributed by atoms with Crippen molar-refractivity contribution in [3.63, 3.8) is 0 Å². The van der Waals surface area contributed by atoms with Crippen LogP contribution >= 0.6 is 0 Å². The van der Waals surface area contributed by atoms with E-state index in [1.807, 2.05) is 36.4 Å². The number of carboxylic acids is 1. The van der Waals surface area contributed by atoms with Crippen molar-refractivity contribution in [2.75, 3.05) is 0 Å². The summed E-state index contributed by atoms with van der Waals surface area (Å²) in [6.45, 7) is 2.25. The van der Waals surface area contributed by atoms with Crippen LogP contribution in [0, 0.1) is 15.9 Å². The minimum absolute atomic E-state index is 0.0166. The second-order valence-corrected chi connectivity index (χ2v) is 13.1. The van der Waals surface area contributed by atoms with Gasteiger partial charge in [0.15, 0.2) is 0 Å². The lowest BCUT2D eigenvalue weighted by atomic mass is 10.0. The van der Waals surface area contributed by atoms with Crippen LogP contribution in [0.4, 0.5) is 10.1 Å². The van der Waals surface area contributed by atoms with Gasteiger partial charge in [0.25, 0.3) is 5.69 Å². The van der Waals surface area contributed by atoms with Crippen molar-refractivity contribution >= 4 is 23.6 Å². The molecule has 8 nitrogen and oxygen atoms in total. The Morgan fingerprint density at radius 1 is 0.720 bits per heavy atom. The molecule has 3 aromatic rings. The number of allylic oxidation sites excluding steroid dienone is 1. The molecule has 0 bridgehead atoms. The molecule has 0 aromatic heterocycles. The predicted octanol–water partition coefficient (Wildman–Crippen LogP) is 9.57. The fourth-order valence-electron chi connectivity index (χ4n) is 6.02. The van der Waals surface area contributed by atoms with Gasteiger partial charge in [0.05, 0.1) is 4.92 Å². The molecular weight excluding hydrogens is 633 g/mol. The number of nitrogens with one attached hydrogen (secondary N) is 2. The predicted molar refractivity (Wildman–Crippen MR) is 198 cm³/mol. The van der Waals surface area contributed by atoms with Gasteiger partial charge >= 0.3 is 5.97 Å². The summed E-state index contributed by atoms with van der Waals surface area (Å²) in [6.07, 6.45) is 19.1. The topological polar surface area (TPSA) is 122 Å².